The number of hydrogen-bond acceptors (Lipinski definition) is 1. The Kier molecular flexibility index (Phi) is 3.82. The number of hydrogen-bond donors (Lipinski definition) is 0. The average molecular weight is 231 g/mol. The minimum Gasteiger partial charge on any atom is -0.343 e. The van der Waals surface area contributed by atoms with Crippen LogP contribution in [0.25, 0.3) is 0 Å². The lowest BCUT2D eigenvalue weighted by molar-refractivity contribution is -0.130. The summed E-state index contributed by atoms with van der Waals surface area (Å²) in [4.78, 5) is 13.2. The van der Waals surface area contributed by atoms with E-state index in [-0.39, 0.29) is 5.91 Å². The van der Waals surface area contributed by atoms with E-state index in [1.54, 1.807) is 6.92 Å². The molecule has 0 aromatic heterocycles. The molecule has 1 aliphatic rings. The number of nitrogens with zero attached hydrogens (tertiary/aromatic N) is 1. The summed E-state index contributed by atoms with van der Waals surface area (Å²) < 4.78 is 0. The molecule has 92 valence electrons. The summed E-state index contributed by atoms with van der Waals surface area (Å²) in [5, 5.41) is 0. The second-order valence-electron chi connectivity index (χ2n) is 5.14. The molecule has 1 saturated heterocycles. The Morgan fingerprint density at radius 3 is 2.35 bits per heavy atom. The van der Waals surface area contributed by atoms with Gasteiger partial charge < -0.3 is 4.90 Å². The van der Waals surface area contributed by atoms with E-state index in [9.17, 15) is 4.79 Å². The fourth-order valence-corrected chi connectivity index (χ4v) is 2.51. The Bertz CT molecular complexity index is 374. The first-order chi connectivity index (χ1) is 8.15. The molecule has 0 atom stereocenters. The highest BCUT2D eigenvalue weighted by molar-refractivity contribution is 5.73. The molecule has 1 aromatic rings. The predicted octanol–water partition coefficient (Wildman–Crippen LogP) is 2.80. The fourth-order valence-electron chi connectivity index (χ4n) is 2.51. The Morgan fingerprint density at radius 1 is 1.24 bits per heavy atom. The summed E-state index contributed by atoms with van der Waals surface area (Å²) in [7, 11) is 0. The van der Waals surface area contributed by atoms with Crippen molar-refractivity contribution in [1.82, 2.24) is 4.90 Å². The van der Waals surface area contributed by atoms with E-state index >= 15 is 0 Å². The molecule has 0 radical (unpaired) electrons. The highest BCUT2D eigenvalue weighted by atomic mass is 16.2. The van der Waals surface area contributed by atoms with Crippen LogP contribution in [0.5, 0.6) is 0 Å². The van der Waals surface area contributed by atoms with Gasteiger partial charge in [0.15, 0.2) is 0 Å². The summed E-state index contributed by atoms with van der Waals surface area (Å²) in [5.74, 6) is 0.965. The second-order valence-corrected chi connectivity index (χ2v) is 5.14. The first kappa shape index (κ1) is 12.2. The van der Waals surface area contributed by atoms with Gasteiger partial charge in [-0.1, -0.05) is 29.8 Å². The average Bonchev–Trinajstić information content (AvgIpc) is 2.33. The molecule has 2 nitrogen and oxygen atoms in total. The van der Waals surface area contributed by atoms with Crippen LogP contribution in [-0.4, -0.2) is 23.9 Å². The number of likely N-dealkylation sites (tertiary alicyclic amines) is 1. The van der Waals surface area contributed by atoms with Gasteiger partial charge in [-0.05, 0) is 37.7 Å². The van der Waals surface area contributed by atoms with Gasteiger partial charge >= 0.3 is 0 Å². The molecule has 1 aliphatic heterocycles. The van der Waals surface area contributed by atoms with Crippen molar-refractivity contribution in [2.75, 3.05) is 13.1 Å². The van der Waals surface area contributed by atoms with Gasteiger partial charge in [-0.25, -0.2) is 0 Å². The van der Waals surface area contributed by atoms with Crippen molar-refractivity contribution in [3.05, 3.63) is 35.4 Å². The minimum atomic E-state index is 0.221. The normalized spacial score (nSPS) is 17.2. The van der Waals surface area contributed by atoms with Crippen molar-refractivity contribution in [3.8, 4) is 0 Å². The molecule has 2 rings (SSSR count). The van der Waals surface area contributed by atoms with Gasteiger partial charge in [0.2, 0.25) is 5.91 Å². The molecule has 0 bridgehead atoms. The first-order valence-electron chi connectivity index (χ1n) is 6.46. The highest BCUT2D eigenvalue weighted by Crippen LogP contribution is 2.21. The maximum Gasteiger partial charge on any atom is 0.219 e. The van der Waals surface area contributed by atoms with Crippen LogP contribution in [0.1, 0.15) is 30.9 Å². The molecule has 0 unspecified atom stereocenters. The molecule has 1 heterocycles. The van der Waals surface area contributed by atoms with E-state index in [0.717, 1.165) is 38.3 Å². The van der Waals surface area contributed by atoms with Gasteiger partial charge in [-0.3, -0.25) is 4.79 Å². The number of benzene rings is 1. The standard InChI is InChI=1S/C15H21NO/c1-12-3-5-14(6-4-12)11-15-7-9-16(10-8-15)13(2)17/h3-6,15H,7-11H2,1-2H3. The Balaban J connectivity index is 1.85. The first-order valence-corrected chi connectivity index (χ1v) is 6.46. The third-order valence-corrected chi connectivity index (χ3v) is 3.70. The molecule has 0 N–H and O–H groups in total. The zero-order valence-corrected chi connectivity index (χ0v) is 10.8. The number of piperidine rings is 1. The predicted molar refractivity (Wildman–Crippen MR) is 69.9 cm³/mol. The van der Waals surface area contributed by atoms with Crippen molar-refractivity contribution in [2.45, 2.75) is 33.1 Å². The van der Waals surface area contributed by atoms with Gasteiger partial charge in [0, 0.05) is 20.0 Å². The molecular weight excluding hydrogens is 210 g/mol. The monoisotopic (exact) mass is 231 g/mol. The Morgan fingerprint density at radius 2 is 1.82 bits per heavy atom. The van der Waals surface area contributed by atoms with Crippen LogP contribution >= 0.6 is 0 Å². The van der Waals surface area contributed by atoms with Gasteiger partial charge in [0.25, 0.3) is 0 Å². The number of carbonyl (C=O) groups excluding carboxylic acids is 1. The summed E-state index contributed by atoms with van der Waals surface area (Å²) in [5.41, 5.74) is 2.75. The Labute approximate surface area is 104 Å². The lowest BCUT2D eigenvalue weighted by atomic mass is 9.90. The van der Waals surface area contributed by atoms with E-state index in [1.807, 2.05) is 4.90 Å². The van der Waals surface area contributed by atoms with Crippen molar-refractivity contribution in [2.24, 2.45) is 5.92 Å². The van der Waals surface area contributed by atoms with Crippen LogP contribution in [0.2, 0.25) is 0 Å². The molecule has 17 heavy (non-hydrogen) atoms. The zero-order valence-electron chi connectivity index (χ0n) is 10.8. The van der Waals surface area contributed by atoms with Crippen LogP contribution in [0.3, 0.4) is 0 Å². The molecule has 2 heteroatoms. The highest BCUT2D eigenvalue weighted by Gasteiger charge is 2.20. The quantitative estimate of drug-likeness (QED) is 0.766. The summed E-state index contributed by atoms with van der Waals surface area (Å²) in [6.45, 7) is 5.66. The van der Waals surface area contributed by atoms with Crippen LogP contribution in [0, 0.1) is 12.8 Å². The molecule has 0 spiro atoms. The molecule has 1 amide bonds. The lowest BCUT2D eigenvalue weighted by Crippen LogP contribution is -2.37. The second kappa shape index (κ2) is 5.35. The molecule has 0 saturated carbocycles. The number of amides is 1. The topological polar surface area (TPSA) is 20.3 Å². The van der Waals surface area contributed by atoms with E-state index in [1.165, 1.54) is 11.1 Å². The maximum atomic E-state index is 11.2. The van der Waals surface area contributed by atoms with E-state index in [2.05, 4.69) is 31.2 Å². The van der Waals surface area contributed by atoms with Gasteiger partial charge in [0.05, 0.1) is 0 Å². The summed E-state index contributed by atoms with van der Waals surface area (Å²) in [6.07, 6.45) is 3.45. The third-order valence-electron chi connectivity index (χ3n) is 3.70. The van der Waals surface area contributed by atoms with Crippen LogP contribution < -0.4 is 0 Å². The molecule has 1 fully saturated rings. The summed E-state index contributed by atoms with van der Waals surface area (Å²) >= 11 is 0. The van der Waals surface area contributed by atoms with Crippen LogP contribution in [-0.2, 0) is 11.2 Å². The van der Waals surface area contributed by atoms with Crippen molar-refractivity contribution in [3.63, 3.8) is 0 Å². The molecule has 1 aromatic carbocycles. The smallest absolute Gasteiger partial charge is 0.219 e. The van der Waals surface area contributed by atoms with E-state index < -0.39 is 0 Å². The molecular formula is C15H21NO. The van der Waals surface area contributed by atoms with E-state index in [4.69, 9.17) is 0 Å². The van der Waals surface area contributed by atoms with Gasteiger partial charge in [-0.2, -0.15) is 0 Å². The van der Waals surface area contributed by atoms with Crippen LogP contribution in [0.15, 0.2) is 24.3 Å². The van der Waals surface area contributed by atoms with Gasteiger partial charge in [-0.15, -0.1) is 0 Å². The maximum absolute atomic E-state index is 11.2. The lowest BCUT2D eigenvalue weighted by Gasteiger charge is -2.31. The van der Waals surface area contributed by atoms with Crippen molar-refractivity contribution >= 4 is 5.91 Å². The largest absolute Gasteiger partial charge is 0.343 e. The summed E-state index contributed by atoms with van der Waals surface area (Å²) in [6, 6.07) is 8.82. The van der Waals surface area contributed by atoms with E-state index in [0.29, 0.717) is 0 Å². The van der Waals surface area contributed by atoms with Gasteiger partial charge in [0.1, 0.15) is 0 Å². The fraction of sp³-hybridized carbons (Fsp3) is 0.533. The number of aryl methyl sites for hydroxylation is 1. The zero-order chi connectivity index (χ0) is 12.3. The third kappa shape index (κ3) is 3.32. The van der Waals surface area contributed by atoms with Crippen molar-refractivity contribution in [1.29, 1.82) is 0 Å². The number of carbonyl (C=O) groups is 1. The SMILES string of the molecule is CC(=O)N1CCC(Cc2ccc(C)cc2)CC1. The number of rotatable bonds is 2. The Hall–Kier alpha value is -1.31. The van der Waals surface area contributed by atoms with Crippen molar-refractivity contribution < 1.29 is 4.79 Å². The minimum absolute atomic E-state index is 0.221. The van der Waals surface area contributed by atoms with Crippen LogP contribution in [0.4, 0.5) is 0 Å². The molecule has 0 aliphatic carbocycles.